The summed E-state index contributed by atoms with van der Waals surface area (Å²) in [6.07, 6.45) is 12.9. The minimum absolute atomic E-state index is 0.368. The van der Waals surface area contributed by atoms with Gasteiger partial charge in [0.15, 0.2) is 0 Å². The predicted molar refractivity (Wildman–Crippen MR) is 142 cm³/mol. The van der Waals surface area contributed by atoms with Gasteiger partial charge in [0.2, 0.25) is 0 Å². The number of nitrogens with zero attached hydrogens (tertiary/aromatic N) is 1. The molecule has 0 aliphatic heterocycles. The molecule has 3 heteroatoms. The lowest BCUT2D eigenvalue weighted by atomic mass is 9.47. The topological polar surface area (TPSA) is 29.5 Å². The Hall–Kier alpha value is -2.55. The number of carbonyl (C=O) groups is 1. The number of hydrogen-bond donors (Lipinski definition) is 0. The lowest BCUT2D eigenvalue weighted by Crippen LogP contribution is -2.56. The van der Waals surface area contributed by atoms with Gasteiger partial charge in [0.05, 0.1) is 0 Å². The van der Waals surface area contributed by atoms with Crippen LogP contribution in [0.15, 0.2) is 66.7 Å². The maximum absolute atomic E-state index is 12.0. The molecule has 184 valence electrons. The van der Waals surface area contributed by atoms with Gasteiger partial charge < -0.3 is 9.64 Å². The van der Waals surface area contributed by atoms with Gasteiger partial charge in [0, 0.05) is 23.0 Å². The fourth-order valence-electron chi connectivity index (χ4n) is 8.58. The monoisotopic (exact) mass is 469 g/mol. The molecule has 2 aromatic rings. The molecule has 0 aromatic heterocycles. The average molecular weight is 470 g/mol. The molecule has 3 nitrogen and oxygen atoms in total. The number of rotatable bonds is 5. The molecule has 4 aliphatic carbocycles. The van der Waals surface area contributed by atoms with E-state index in [1.807, 2.05) is 12.1 Å². The van der Waals surface area contributed by atoms with Gasteiger partial charge in [-0.05, 0) is 117 Å². The maximum Gasteiger partial charge on any atom is 0.338 e. The summed E-state index contributed by atoms with van der Waals surface area (Å²) < 4.78 is 5.48. The Balaban J connectivity index is 1.33. The SMILES string of the molecule is C=C(C)C(=O)Oc1ccc(N(c2ccccc2)C2CCC3CCC4CCCC5CCC2C3C45)cc1. The van der Waals surface area contributed by atoms with Crippen LogP contribution in [0.4, 0.5) is 11.4 Å². The van der Waals surface area contributed by atoms with Gasteiger partial charge in [-0.15, -0.1) is 0 Å². The van der Waals surface area contributed by atoms with Crippen molar-refractivity contribution in [1.82, 2.24) is 0 Å². The van der Waals surface area contributed by atoms with E-state index < -0.39 is 0 Å². The molecule has 35 heavy (non-hydrogen) atoms. The van der Waals surface area contributed by atoms with Crippen LogP contribution in [0.2, 0.25) is 0 Å². The second kappa shape index (κ2) is 9.48. The van der Waals surface area contributed by atoms with Gasteiger partial charge >= 0.3 is 5.97 Å². The number of esters is 1. The van der Waals surface area contributed by atoms with Crippen LogP contribution >= 0.6 is 0 Å². The zero-order valence-corrected chi connectivity index (χ0v) is 21.1. The van der Waals surface area contributed by atoms with Crippen molar-refractivity contribution >= 4 is 17.3 Å². The molecular weight excluding hydrogens is 430 g/mol. The van der Waals surface area contributed by atoms with Gasteiger partial charge in [-0.1, -0.05) is 44.0 Å². The van der Waals surface area contributed by atoms with E-state index in [0.717, 1.165) is 35.5 Å². The molecule has 6 rings (SSSR count). The van der Waals surface area contributed by atoms with Crippen LogP contribution in [-0.2, 0) is 4.79 Å². The Labute approximate surface area is 210 Å². The van der Waals surface area contributed by atoms with Crippen molar-refractivity contribution in [3.63, 3.8) is 0 Å². The molecule has 0 saturated heterocycles. The molecule has 0 heterocycles. The van der Waals surface area contributed by atoms with Gasteiger partial charge in [-0.3, -0.25) is 0 Å². The first kappa shape index (κ1) is 22.9. The lowest BCUT2D eigenvalue weighted by Gasteiger charge is -2.60. The number of anilines is 2. The highest BCUT2D eigenvalue weighted by molar-refractivity contribution is 5.88. The highest BCUT2D eigenvalue weighted by atomic mass is 16.5. The normalized spacial score (nSPS) is 33.3. The van der Waals surface area contributed by atoms with Crippen LogP contribution in [-0.4, -0.2) is 12.0 Å². The van der Waals surface area contributed by atoms with Gasteiger partial charge in [0.25, 0.3) is 0 Å². The second-order valence-corrected chi connectivity index (χ2v) is 11.7. The van der Waals surface area contributed by atoms with E-state index in [4.69, 9.17) is 4.74 Å². The van der Waals surface area contributed by atoms with Crippen molar-refractivity contribution in [3.8, 4) is 5.75 Å². The van der Waals surface area contributed by atoms with E-state index in [9.17, 15) is 4.79 Å². The summed E-state index contributed by atoms with van der Waals surface area (Å²) in [6.45, 7) is 5.38. The molecule has 0 amide bonds. The first-order valence-electron chi connectivity index (χ1n) is 13.9. The van der Waals surface area contributed by atoms with Crippen LogP contribution in [0.25, 0.3) is 0 Å². The molecule has 4 fully saturated rings. The number of benzene rings is 2. The van der Waals surface area contributed by atoms with E-state index in [0.29, 0.717) is 17.4 Å². The number of carbonyl (C=O) groups excluding carboxylic acids is 1. The number of para-hydroxylation sites is 1. The van der Waals surface area contributed by atoms with E-state index in [1.165, 1.54) is 69.2 Å². The summed E-state index contributed by atoms with van der Waals surface area (Å²) in [5.74, 6) is 5.80. The Kier molecular flexibility index (Phi) is 6.20. The van der Waals surface area contributed by atoms with Gasteiger partial charge in [-0.2, -0.15) is 0 Å². The number of hydrogen-bond acceptors (Lipinski definition) is 3. The van der Waals surface area contributed by atoms with Crippen LogP contribution in [0.5, 0.6) is 5.75 Å². The molecule has 2 aromatic carbocycles. The first-order valence-corrected chi connectivity index (χ1v) is 13.9. The quantitative estimate of drug-likeness (QED) is 0.253. The molecule has 0 bridgehead atoms. The summed E-state index contributed by atoms with van der Waals surface area (Å²) in [4.78, 5) is 14.6. The fraction of sp³-hybridized carbons (Fsp3) is 0.531. The lowest BCUT2D eigenvalue weighted by molar-refractivity contribution is -0.130. The summed E-state index contributed by atoms with van der Waals surface area (Å²) in [6, 6.07) is 19.6. The molecule has 7 unspecified atom stereocenters. The fourth-order valence-corrected chi connectivity index (χ4v) is 8.58. The van der Waals surface area contributed by atoms with E-state index >= 15 is 0 Å². The zero-order valence-electron chi connectivity index (χ0n) is 21.1. The third-order valence-corrected chi connectivity index (χ3v) is 9.87. The van der Waals surface area contributed by atoms with Crippen LogP contribution in [0.3, 0.4) is 0 Å². The molecule has 7 atom stereocenters. The molecule has 4 saturated carbocycles. The first-order chi connectivity index (χ1) is 17.1. The third kappa shape index (κ3) is 4.21. The third-order valence-electron chi connectivity index (χ3n) is 9.87. The summed E-state index contributed by atoms with van der Waals surface area (Å²) in [5, 5.41) is 0. The highest BCUT2D eigenvalue weighted by Crippen LogP contribution is 2.61. The minimum Gasteiger partial charge on any atom is -0.423 e. The minimum atomic E-state index is -0.368. The Morgan fingerprint density at radius 2 is 1.37 bits per heavy atom. The van der Waals surface area contributed by atoms with Crippen LogP contribution < -0.4 is 9.64 Å². The molecular formula is C32H39NO2. The average Bonchev–Trinajstić information content (AvgIpc) is 2.89. The van der Waals surface area contributed by atoms with Crippen molar-refractivity contribution in [2.24, 2.45) is 35.5 Å². The molecule has 4 aliphatic rings. The standard InChI is InChI=1S/C32H39NO2/c1-21(2)32(34)35-27-17-15-26(16-18-27)33(25-9-4-3-5-10-25)29-20-14-24-12-11-22-7-6-8-23-13-19-28(29)31(24)30(22)23/h3-5,9-10,15-18,22-24,28-31H,1,6-8,11-14,19-20H2,2H3. The largest absolute Gasteiger partial charge is 0.423 e. The Morgan fingerprint density at radius 3 is 2.06 bits per heavy atom. The van der Waals surface area contributed by atoms with E-state index in [1.54, 1.807) is 6.92 Å². The smallest absolute Gasteiger partial charge is 0.338 e. The molecule has 0 spiro atoms. The maximum atomic E-state index is 12.0. The zero-order chi connectivity index (χ0) is 23.9. The van der Waals surface area contributed by atoms with E-state index in [2.05, 4.69) is 53.9 Å². The predicted octanol–water partition coefficient (Wildman–Crippen LogP) is 7.94. The molecule has 0 N–H and O–H groups in total. The van der Waals surface area contributed by atoms with Crippen molar-refractivity contribution in [1.29, 1.82) is 0 Å². The molecule has 0 radical (unpaired) electrons. The number of ether oxygens (including phenoxy) is 1. The second-order valence-electron chi connectivity index (χ2n) is 11.7. The van der Waals surface area contributed by atoms with Crippen molar-refractivity contribution in [2.75, 3.05) is 4.90 Å². The highest BCUT2D eigenvalue weighted by Gasteiger charge is 2.54. The Morgan fingerprint density at radius 1 is 0.771 bits per heavy atom. The van der Waals surface area contributed by atoms with Gasteiger partial charge in [-0.25, -0.2) is 4.79 Å². The Bertz CT molecular complexity index is 1050. The van der Waals surface area contributed by atoms with Crippen LogP contribution in [0.1, 0.15) is 64.7 Å². The summed E-state index contributed by atoms with van der Waals surface area (Å²) in [5.41, 5.74) is 2.90. The summed E-state index contributed by atoms with van der Waals surface area (Å²) >= 11 is 0. The van der Waals surface area contributed by atoms with Crippen molar-refractivity contribution in [3.05, 3.63) is 66.7 Å². The van der Waals surface area contributed by atoms with Crippen LogP contribution in [0, 0.1) is 35.5 Å². The van der Waals surface area contributed by atoms with Gasteiger partial charge in [0.1, 0.15) is 5.75 Å². The summed E-state index contributed by atoms with van der Waals surface area (Å²) in [7, 11) is 0. The van der Waals surface area contributed by atoms with Crippen molar-refractivity contribution in [2.45, 2.75) is 70.8 Å². The van der Waals surface area contributed by atoms with E-state index in [-0.39, 0.29) is 5.97 Å². The van der Waals surface area contributed by atoms with Crippen molar-refractivity contribution < 1.29 is 9.53 Å².